The van der Waals surface area contributed by atoms with Gasteiger partial charge in [-0.25, -0.2) is 0 Å². The molecule has 0 radical (unpaired) electrons. The Morgan fingerprint density at radius 2 is 1.60 bits per heavy atom. The highest BCUT2D eigenvalue weighted by atomic mass is 16.5. The van der Waals surface area contributed by atoms with Crippen LogP contribution in [-0.2, 0) is 9.53 Å². The lowest BCUT2D eigenvalue weighted by atomic mass is 10.00. The van der Waals surface area contributed by atoms with Gasteiger partial charge in [-0.05, 0) is 44.9 Å². The van der Waals surface area contributed by atoms with Crippen molar-refractivity contribution in [1.29, 1.82) is 0 Å². The van der Waals surface area contributed by atoms with Crippen LogP contribution in [0.3, 0.4) is 0 Å². The Balaban J connectivity index is 1.88. The smallest absolute Gasteiger partial charge is 0.308 e. The van der Waals surface area contributed by atoms with E-state index >= 15 is 0 Å². The Morgan fingerprint density at radius 3 is 2.32 bits per heavy atom. The first-order valence-corrected chi connectivity index (χ1v) is 10.0. The number of hydrogen-bond donors (Lipinski definition) is 1. The van der Waals surface area contributed by atoms with Crippen LogP contribution in [0.15, 0.2) is 36.5 Å². The molecule has 1 rings (SSSR count). The van der Waals surface area contributed by atoms with E-state index in [1.165, 1.54) is 25.7 Å². The number of unbranched alkanes of at least 4 members (excludes halogenated alkanes) is 5. The minimum atomic E-state index is -0.499. The summed E-state index contributed by atoms with van der Waals surface area (Å²) in [5.41, 5.74) is 0. The van der Waals surface area contributed by atoms with Crippen molar-refractivity contribution in [3.05, 3.63) is 36.5 Å². The van der Waals surface area contributed by atoms with Crippen LogP contribution in [0.5, 0.6) is 0 Å². The number of esters is 1. The summed E-state index contributed by atoms with van der Waals surface area (Å²) in [6.07, 6.45) is 24.9. The van der Waals surface area contributed by atoms with E-state index in [0.717, 1.165) is 38.5 Å². The minimum absolute atomic E-state index is 0.0651. The standard InChI is InChI=1S/C22H36O3/c1-2-3-4-5-6-7-8-9-10-11-12-13-14-15-16-17-21-18-20(23)19-22(24)25-21/h3-4,6-7,9-10,20-21,23H,2,5,8,11-19H2,1H3/b4-3-,7-6-,10-9-/t20-,21-/m1/s1. The summed E-state index contributed by atoms with van der Waals surface area (Å²) in [5, 5.41) is 9.56. The van der Waals surface area contributed by atoms with Crippen molar-refractivity contribution in [2.45, 2.75) is 96.2 Å². The SMILES string of the molecule is CC/C=C\C/C=C\C/C=C\CCCCCCC[C@@H]1C[C@@H](O)CC(=O)O1. The van der Waals surface area contributed by atoms with E-state index in [-0.39, 0.29) is 18.5 Å². The molecule has 1 fully saturated rings. The van der Waals surface area contributed by atoms with Gasteiger partial charge in [-0.3, -0.25) is 4.79 Å². The monoisotopic (exact) mass is 348 g/mol. The predicted octanol–water partition coefficient (Wildman–Crippen LogP) is 5.64. The molecule has 0 aromatic rings. The van der Waals surface area contributed by atoms with E-state index < -0.39 is 6.10 Å². The highest BCUT2D eigenvalue weighted by Gasteiger charge is 2.26. The number of cyclic esters (lactones) is 1. The zero-order valence-corrected chi connectivity index (χ0v) is 15.9. The fraction of sp³-hybridized carbons (Fsp3) is 0.682. The first-order valence-electron chi connectivity index (χ1n) is 10.0. The van der Waals surface area contributed by atoms with Gasteiger partial charge in [0.15, 0.2) is 0 Å². The van der Waals surface area contributed by atoms with Crippen LogP contribution in [-0.4, -0.2) is 23.3 Å². The predicted molar refractivity (Wildman–Crippen MR) is 104 cm³/mol. The third-order valence-electron chi connectivity index (χ3n) is 4.41. The summed E-state index contributed by atoms with van der Waals surface area (Å²) in [5.74, 6) is -0.247. The third-order valence-corrected chi connectivity index (χ3v) is 4.41. The molecule has 142 valence electrons. The van der Waals surface area contributed by atoms with Gasteiger partial charge in [0.25, 0.3) is 0 Å². The van der Waals surface area contributed by atoms with Crippen molar-refractivity contribution < 1.29 is 14.6 Å². The highest BCUT2D eigenvalue weighted by Crippen LogP contribution is 2.20. The zero-order chi connectivity index (χ0) is 18.2. The molecule has 1 saturated heterocycles. The Hall–Kier alpha value is -1.35. The molecule has 0 aliphatic carbocycles. The molecule has 1 aliphatic rings. The van der Waals surface area contributed by atoms with Crippen molar-refractivity contribution in [3.8, 4) is 0 Å². The molecule has 0 spiro atoms. The molecule has 1 heterocycles. The number of carbonyl (C=O) groups is 1. The summed E-state index contributed by atoms with van der Waals surface area (Å²) < 4.78 is 5.26. The highest BCUT2D eigenvalue weighted by molar-refractivity contribution is 5.70. The molecule has 0 unspecified atom stereocenters. The van der Waals surface area contributed by atoms with E-state index in [2.05, 4.69) is 43.4 Å². The summed E-state index contributed by atoms with van der Waals surface area (Å²) in [6.45, 7) is 2.15. The second-order valence-corrected chi connectivity index (χ2v) is 6.84. The average Bonchev–Trinajstić information content (AvgIpc) is 2.57. The summed E-state index contributed by atoms with van der Waals surface area (Å²) in [6, 6.07) is 0. The number of ether oxygens (including phenoxy) is 1. The van der Waals surface area contributed by atoms with Crippen LogP contribution in [0.1, 0.15) is 84.0 Å². The maximum Gasteiger partial charge on any atom is 0.308 e. The van der Waals surface area contributed by atoms with E-state index in [4.69, 9.17) is 4.74 Å². The van der Waals surface area contributed by atoms with Gasteiger partial charge < -0.3 is 9.84 Å². The molecule has 1 N–H and O–H groups in total. The molecular formula is C22H36O3. The molecular weight excluding hydrogens is 312 g/mol. The molecule has 0 bridgehead atoms. The van der Waals surface area contributed by atoms with Crippen molar-refractivity contribution in [2.24, 2.45) is 0 Å². The van der Waals surface area contributed by atoms with E-state index in [1.54, 1.807) is 0 Å². The lowest BCUT2D eigenvalue weighted by molar-refractivity contribution is -0.160. The molecule has 3 nitrogen and oxygen atoms in total. The maximum atomic E-state index is 11.2. The van der Waals surface area contributed by atoms with Crippen LogP contribution in [0, 0.1) is 0 Å². The summed E-state index contributed by atoms with van der Waals surface area (Å²) >= 11 is 0. The molecule has 3 heteroatoms. The molecule has 1 aliphatic heterocycles. The van der Waals surface area contributed by atoms with Gasteiger partial charge in [0.2, 0.25) is 0 Å². The molecule has 0 amide bonds. The number of hydrogen-bond acceptors (Lipinski definition) is 3. The number of aliphatic hydroxyl groups excluding tert-OH is 1. The second kappa shape index (κ2) is 14.9. The fourth-order valence-electron chi connectivity index (χ4n) is 3.03. The molecule has 2 atom stereocenters. The molecule has 0 saturated carbocycles. The zero-order valence-electron chi connectivity index (χ0n) is 15.9. The number of carbonyl (C=O) groups excluding carboxylic acids is 1. The number of allylic oxidation sites excluding steroid dienone is 6. The fourth-order valence-corrected chi connectivity index (χ4v) is 3.03. The number of rotatable bonds is 13. The van der Waals surface area contributed by atoms with Gasteiger partial charge in [0.05, 0.1) is 12.5 Å². The first-order chi connectivity index (χ1) is 12.2. The van der Waals surface area contributed by atoms with E-state index in [0.29, 0.717) is 6.42 Å². The van der Waals surface area contributed by atoms with Gasteiger partial charge in [-0.2, -0.15) is 0 Å². The Morgan fingerprint density at radius 1 is 0.960 bits per heavy atom. The molecule has 0 aromatic carbocycles. The summed E-state index contributed by atoms with van der Waals surface area (Å²) in [7, 11) is 0. The molecule has 25 heavy (non-hydrogen) atoms. The van der Waals surface area contributed by atoms with Crippen LogP contribution < -0.4 is 0 Å². The minimum Gasteiger partial charge on any atom is -0.462 e. The van der Waals surface area contributed by atoms with Crippen molar-refractivity contribution in [2.75, 3.05) is 0 Å². The maximum absolute atomic E-state index is 11.2. The first kappa shape index (κ1) is 21.7. The topological polar surface area (TPSA) is 46.5 Å². The third kappa shape index (κ3) is 12.6. The lowest BCUT2D eigenvalue weighted by Gasteiger charge is -2.25. The van der Waals surface area contributed by atoms with Crippen LogP contribution in [0.25, 0.3) is 0 Å². The van der Waals surface area contributed by atoms with Crippen molar-refractivity contribution in [3.63, 3.8) is 0 Å². The van der Waals surface area contributed by atoms with Crippen LogP contribution in [0.2, 0.25) is 0 Å². The van der Waals surface area contributed by atoms with Gasteiger partial charge in [0.1, 0.15) is 6.10 Å². The Kier molecular flexibility index (Phi) is 13.0. The van der Waals surface area contributed by atoms with Gasteiger partial charge in [0, 0.05) is 6.42 Å². The Labute approximate surface area is 153 Å². The summed E-state index contributed by atoms with van der Waals surface area (Å²) in [4.78, 5) is 11.2. The average molecular weight is 349 g/mol. The Bertz CT molecular complexity index is 423. The van der Waals surface area contributed by atoms with Crippen molar-refractivity contribution >= 4 is 5.97 Å². The van der Waals surface area contributed by atoms with Gasteiger partial charge >= 0.3 is 5.97 Å². The largest absolute Gasteiger partial charge is 0.462 e. The van der Waals surface area contributed by atoms with Crippen LogP contribution >= 0.6 is 0 Å². The van der Waals surface area contributed by atoms with Crippen LogP contribution in [0.4, 0.5) is 0 Å². The number of aliphatic hydroxyl groups is 1. The van der Waals surface area contributed by atoms with E-state index in [1.807, 2.05) is 0 Å². The quantitative estimate of drug-likeness (QED) is 0.266. The molecule has 0 aromatic heterocycles. The van der Waals surface area contributed by atoms with E-state index in [9.17, 15) is 9.90 Å². The van der Waals surface area contributed by atoms with Crippen molar-refractivity contribution in [1.82, 2.24) is 0 Å². The lowest BCUT2D eigenvalue weighted by Crippen LogP contribution is -2.32. The normalized spacial score (nSPS) is 21.6. The van der Waals surface area contributed by atoms with Gasteiger partial charge in [-0.1, -0.05) is 62.6 Å². The van der Waals surface area contributed by atoms with Gasteiger partial charge in [-0.15, -0.1) is 0 Å². The second-order valence-electron chi connectivity index (χ2n) is 6.84.